The Morgan fingerprint density at radius 2 is 1.70 bits per heavy atom. The summed E-state index contributed by atoms with van der Waals surface area (Å²) in [5.41, 5.74) is 8.68. The Bertz CT molecular complexity index is 1810. The largest absolute Gasteiger partial charge is 0.490 e. The summed E-state index contributed by atoms with van der Waals surface area (Å²) in [6.07, 6.45) is -3.92. The van der Waals surface area contributed by atoms with Crippen LogP contribution in [-0.4, -0.2) is 96.4 Å². The molecule has 1 aliphatic rings. The number of nitrogens with two attached hydrogens (primary N) is 1. The molecule has 1 fully saturated rings. The van der Waals surface area contributed by atoms with Crippen LogP contribution in [0.3, 0.4) is 0 Å². The number of hydrogen-bond acceptors (Lipinski definition) is 9. The molecule has 0 saturated carbocycles. The average molecular weight is 773 g/mol. The second-order valence-electron chi connectivity index (χ2n) is 10.5. The molecule has 2 aromatic carbocycles. The van der Waals surface area contributed by atoms with Crippen molar-refractivity contribution in [3.8, 4) is 0 Å². The highest BCUT2D eigenvalue weighted by Crippen LogP contribution is 2.32. The SMILES string of the molecule is CSCC[C@H](Nc1ncnc2cc(C(=O)N3CCC[C@@H]3CN)c(Cl)cc12)c1nc2ccc(Cl)cc2[nH]1.O=C(O)C(F)(F)F.O=C(O)C(F)(F)F. The third-order valence-electron chi connectivity index (χ3n) is 7.06. The molecular weight excluding hydrogens is 743 g/mol. The number of anilines is 1. The lowest BCUT2D eigenvalue weighted by molar-refractivity contribution is -0.193. The molecule has 5 rings (SSSR count). The first-order valence-corrected chi connectivity index (χ1v) is 16.5. The minimum absolute atomic E-state index is 0.0442. The van der Waals surface area contributed by atoms with Gasteiger partial charge >= 0.3 is 24.3 Å². The highest BCUT2D eigenvalue weighted by Gasteiger charge is 2.39. The van der Waals surface area contributed by atoms with Crippen LogP contribution in [0.2, 0.25) is 10.0 Å². The molecule has 0 spiro atoms. The molecule has 0 bridgehead atoms. The number of aliphatic carboxylic acids is 2. The number of likely N-dealkylation sites (tertiary alicyclic amines) is 1. The molecule has 6 N–H and O–H groups in total. The highest BCUT2D eigenvalue weighted by atomic mass is 35.5. The fourth-order valence-corrected chi connectivity index (χ4v) is 5.59. The van der Waals surface area contributed by atoms with Gasteiger partial charge in [-0.3, -0.25) is 4.79 Å². The van der Waals surface area contributed by atoms with Gasteiger partial charge in [-0.2, -0.15) is 38.1 Å². The summed E-state index contributed by atoms with van der Waals surface area (Å²) < 4.78 is 63.5. The Hall–Kier alpha value is -4.07. The molecule has 50 heavy (non-hydrogen) atoms. The summed E-state index contributed by atoms with van der Waals surface area (Å²) in [6.45, 7) is 1.13. The van der Waals surface area contributed by atoms with E-state index in [9.17, 15) is 31.1 Å². The maximum atomic E-state index is 13.3. The van der Waals surface area contributed by atoms with E-state index in [1.807, 2.05) is 23.1 Å². The molecule has 3 heterocycles. The first-order chi connectivity index (χ1) is 23.4. The fourth-order valence-electron chi connectivity index (χ4n) is 4.70. The zero-order valence-electron chi connectivity index (χ0n) is 25.8. The zero-order valence-corrected chi connectivity index (χ0v) is 28.1. The summed E-state index contributed by atoms with van der Waals surface area (Å²) >= 11 is 14.6. The van der Waals surface area contributed by atoms with E-state index in [1.54, 1.807) is 23.9 Å². The number of nitrogens with one attached hydrogen (secondary N) is 2. The van der Waals surface area contributed by atoms with Gasteiger partial charge in [0.2, 0.25) is 0 Å². The Kier molecular flexibility index (Phi) is 13.9. The maximum Gasteiger partial charge on any atom is 0.490 e. The number of carbonyl (C=O) groups is 3. The number of hydrogen-bond donors (Lipinski definition) is 5. The first-order valence-electron chi connectivity index (χ1n) is 14.3. The van der Waals surface area contributed by atoms with Crippen molar-refractivity contribution >= 4 is 80.6 Å². The third-order valence-corrected chi connectivity index (χ3v) is 8.26. The van der Waals surface area contributed by atoms with Crippen LogP contribution in [-0.2, 0) is 9.59 Å². The standard InChI is InChI=1S/C25H27Cl2N7OS.2C2HF3O2/c1-36-8-6-20(24-31-19-5-4-14(26)9-22(19)33-24)32-23-17-10-18(27)16(11-21(17)29-13-30-23)25(35)34-7-2-3-15(34)12-28;2*3-2(4,5)1(6)7/h4-5,9-11,13,15,20H,2-3,6-8,12,28H2,1H3,(H,31,33)(H,29,30,32);2*(H,6,7)/t15-,20+;;/m1../s1. The van der Waals surface area contributed by atoms with Crippen molar-refractivity contribution in [2.45, 2.75) is 43.7 Å². The average Bonchev–Trinajstić information content (AvgIpc) is 3.69. The topological polar surface area (TPSA) is 187 Å². The van der Waals surface area contributed by atoms with E-state index in [0.29, 0.717) is 40.0 Å². The number of halogens is 8. The summed E-state index contributed by atoms with van der Waals surface area (Å²) in [7, 11) is 0. The van der Waals surface area contributed by atoms with Gasteiger partial charge in [-0.25, -0.2) is 24.5 Å². The molecule has 0 unspecified atom stereocenters. The van der Waals surface area contributed by atoms with Gasteiger partial charge in [0.25, 0.3) is 5.91 Å². The van der Waals surface area contributed by atoms with Crippen LogP contribution < -0.4 is 11.1 Å². The number of benzene rings is 2. The Labute approximate surface area is 293 Å². The van der Waals surface area contributed by atoms with Gasteiger partial charge in [0, 0.05) is 29.5 Å². The number of alkyl halides is 6. The molecule has 1 saturated heterocycles. The van der Waals surface area contributed by atoms with Crippen LogP contribution in [0.25, 0.3) is 21.9 Å². The molecular formula is C29H29Cl2F6N7O5S. The lowest BCUT2D eigenvalue weighted by atomic mass is 10.1. The van der Waals surface area contributed by atoms with Gasteiger partial charge in [0.15, 0.2) is 0 Å². The van der Waals surface area contributed by atoms with Crippen molar-refractivity contribution in [3.63, 3.8) is 0 Å². The van der Waals surface area contributed by atoms with E-state index in [0.717, 1.165) is 47.3 Å². The van der Waals surface area contributed by atoms with Crippen LogP contribution >= 0.6 is 35.0 Å². The second-order valence-corrected chi connectivity index (χ2v) is 12.3. The molecule has 272 valence electrons. The number of thioether (sulfide) groups is 1. The van der Waals surface area contributed by atoms with E-state index in [2.05, 4.69) is 26.5 Å². The van der Waals surface area contributed by atoms with Gasteiger partial charge in [0.05, 0.1) is 33.2 Å². The smallest absolute Gasteiger partial charge is 0.475 e. The molecule has 2 atom stereocenters. The zero-order chi connectivity index (χ0) is 37.4. The van der Waals surface area contributed by atoms with E-state index in [1.165, 1.54) is 6.33 Å². The molecule has 1 amide bonds. The highest BCUT2D eigenvalue weighted by molar-refractivity contribution is 7.98. The summed E-state index contributed by atoms with van der Waals surface area (Å²) in [5.74, 6) is -3.27. The van der Waals surface area contributed by atoms with E-state index < -0.39 is 24.3 Å². The number of carboxylic acids is 2. The van der Waals surface area contributed by atoms with Crippen molar-refractivity contribution in [2.24, 2.45) is 5.73 Å². The van der Waals surface area contributed by atoms with Gasteiger partial charge in [-0.15, -0.1) is 0 Å². The normalized spacial score (nSPS) is 15.2. The Balaban J connectivity index is 0.000000408. The number of fused-ring (bicyclic) bond motifs is 2. The number of rotatable bonds is 8. The predicted molar refractivity (Wildman–Crippen MR) is 176 cm³/mol. The van der Waals surface area contributed by atoms with Gasteiger partial charge in [0.1, 0.15) is 18.0 Å². The second kappa shape index (κ2) is 17.2. The molecule has 0 radical (unpaired) electrons. The van der Waals surface area contributed by atoms with Crippen molar-refractivity contribution < 1.29 is 50.9 Å². The number of H-pyrrole nitrogens is 1. The number of aromatic nitrogens is 4. The van der Waals surface area contributed by atoms with Crippen LogP contribution in [0.15, 0.2) is 36.7 Å². The quantitative estimate of drug-likeness (QED) is 0.122. The molecule has 12 nitrogen and oxygen atoms in total. The number of aromatic amines is 1. The number of amides is 1. The van der Waals surface area contributed by atoms with Crippen LogP contribution in [0.5, 0.6) is 0 Å². The Morgan fingerprint density at radius 1 is 1.06 bits per heavy atom. The molecule has 4 aromatic rings. The van der Waals surface area contributed by atoms with Crippen LogP contribution in [0, 0.1) is 0 Å². The van der Waals surface area contributed by atoms with E-state index >= 15 is 0 Å². The first kappa shape index (κ1) is 40.4. The number of carbonyl (C=O) groups excluding carboxylic acids is 1. The Morgan fingerprint density at radius 3 is 2.28 bits per heavy atom. The summed E-state index contributed by atoms with van der Waals surface area (Å²) in [5, 5.41) is 19.5. The van der Waals surface area contributed by atoms with Gasteiger partial charge in [-0.1, -0.05) is 23.2 Å². The molecule has 1 aliphatic heterocycles. The number of imidazole rings is 1. The van der Waals surface area contributed by atoms with E-state index in [-0.39, 0.29) is 18.0 Å². The van der Waals surface area contributed by atoms with Crippen molar-refractivity contribution in [1.29, 1.82) is 0 Å². The maximum absolute atomic E-state index is 13.3. The van der Waals surface area contributed by atoms with Crippen molar-refractivity contribution in [3.05, 3.63) is 58.1 Å². The lowest BCUT2D eigenvalue weighted by Gasteiger charge is -2.24. The van der Waals surface area contributed by atoms with Gasteiger partial charge in [-0.05, 0) is 61.6 Å². The van der Waals surface area contributed by atoms with Crippen molar-refractivity contribution in [2.75, 3.05) is 30.4 Å². The van der Waals surface area contributed by atoms with Crippen LogP contribution in [0.1, 0.15) is 41.5 Å². The lowest BCUT2D eigenvalue weighted by Crippen LogP contribution is -2.40. The fraction of sp³-hybridized carbons (Fsp3) is 0.379. The monoisotopic (exact) mass is 771 g/mol. The van der Waals surface area contributed by atoms with E-state index in [4.69, 9.17) is 53.7 Å². The van der Waals surface area contributed by atoms with Crippen LogP contribution in [0.4, 0.5) is 32.2 Å². The van der Waals surface area contributed by atoms with Gasteiger partial charge < -0.3 is 31.1 Å². The molecule has 2 aromatic heterocycles. The third kappa shape index (κ3) is 10.7. The number of carboxylic acid groups (broad SMARTS) is 2. The molecule has 0 aliphatic carbocycles. The van der Waals surface area contributed by atoms with Crippen molar-refractivity contribution in [1.82, 2.24) is 24.8 Å². The summed E-state index contributed by atoms with van der Waals surface area (Å²) in [4.78, 5) is 50.0. The minimum Gasteiger partial charge on any atom is -0.475 e. The minimum atomic E-state index is -5.08. The predicted octanol–water partition coefficient (Wildman–Crippen LogP) is 6.55. The summed E-state index contributed by atoms with van der Waals surface area (Å²) in [6, 6.07) is 9.03. The number of nitrogens with zero attached hydrogens (tertiary/aromatic N) is 4. The molecule has 21 heteroatoms.